The van der Waals surface area contributed by atoms with Crippen molar-refractivity contribution >= 4 is 0 Å². The summed E-state index contributed by atoms with van der Waals surface area (Å²) in [7, 11) is 0. The smallest absolute Gasteiger partial charge is 0.220 e. The first-order chi connectivity index (χ1) is 7.78. The Balaban J connectivity index is 2.29. The summed E-state index contributed by atoms with van der Waals surface area (Å²) in [6.45, 7) is 1.82. The summed E-state index contributed by atoms with van der Waals surface area (Å²) >= 11 is 0. The molecular weight excluding hydrogens is 202 g/mol. The number of rotatable bonds is 2. The summed E-state index contributed by atoms with van der Waals surface area (Å²) in [6, 6.07) is 8.91. The van der Waals surface area contributed by atoms with Gasteiger partial charge in [0.15, 0.2) is 0 Å². The Hall–Kier alpha value is -2.41. The number of ether oxygens (including phenoxy) is 1. The molecule has 2 heterocycles. The number of hydrogen-bond donors (Lipinski definition) is 0. The molecule has 2 rings (SSSR count). The summed E-state index contributed by atoms with van der Waals surface area (Å²) in [4.78, 5) is 8.10. The van der Waals surface area contributed by atoms with Crippen molar-refractivity contribution in [3.05, 3.63) is 47.9 Å². The van der Waals surface area contributed by atoms with E-state index >= 15 is 0 Å². The standard InChI is InChI=1S/C12H9N3O/c1-9-5-10(7-13)6-12(15-9)16-11-3-2-4-14-8-11/h2-6,8H,1H3. The van der Waals surface area contributed by atoms with Crippen LogP contribution in [0.3, 0.4) is 0 Å². The number of nitriles is 1. The lowest BCUT2D eigenvalue weighted by atomic mass is 10.2. The molecule has 0 radical (unpaired) electrons. The van der Waals surface area contributed by atoms with E-state index in [1.807, 2.05) is 6.92 Å². The van der Waals surface area contributed by atoms with Crippen LogP contribution in [-0.4, -0.2) is 9.97 Å². The van der Waals surface area contributed by atoms with Crippen LogP contribution in [0.15, 0.2) is 36.7 Å². The third kappa shape index (κ3) is 2.34. The van der Waals surface area contributed by atoms with Crippen LogP contribution in [0.4, 0.5) is 0 Å². The van der Waals surface area contributed by atoms with Gasteiger partial charge in [0.2, 0.25) is 5.88 Å². The average Bonchev–Trinajstić information content (AvgIpc) is 2.29. The van der Waals surface area contributed by atoms with Gasteiger partial charge in [-0.15, -0.1) is 0 Å². The lowest BCUT2D eigenvalue weighted by molar-refractivity contribution is 0.459. The number of hydrogen-bond acceptors (Lipinski definition) is 4. The largest absolute Gasteiger partial charge is 0.437 e. The summed E-state index contributed by atoms with van der Waals surface area (Å²) in [6.07, 6.45) is 3.26. The number of aromatic nitrogens is 2. The van der Waals surface area contributed by atoms with Gasteiger partial charge >= 0.3 is 0 Å². The quantitative estimate of drug-likeness (QED) is 0.765. The highest BCUT2D eigenvalue weighted by Gasteiger charge is 2.02. The highest BCUT2D eigenvalue weighted by Crippen LogP contribution is 2.19. The molecule has 0 aliphatic carbocycles. The Bertz CT molecular complexity index is 532. The van der Waals surface area contributed by atoms with Crippen LogP contribution >= 0.6 is 0 Å². The Morgan fingerprint density at radius 2 is 2.25 bits per heavy atom. The van der Waals surface area contributed by atoms with E-state index in [-0.39, 0.29) is 0 Å². The van der Waals surface area contributed by atoms with Gasteiger partial charge in [0.1, 0.15) is 5.75 Å². The van der Waals surface area contributed by atoms with E-state index < -0.39 is 0 Å². The molecule has 0 saturated carbocycles. The SMILES string of the molecule is Cc1cc(C#N)cc(Oc2cccnc2)n1. The molecule has 0 amide bonds. The topological polar surface area (TPSA) is 58.8 Å². The molecule has 0 atom stereocenters. The fraction of sp³-hybridized carbons (Fsp3) is 0.0833. The molecule has 0 saturated heterocycles. The number of aryl methyl sites for hydroxylation is 1. The average molecular weight is 211 g/mol. The molecule has 0 unspecified atom stereocenters. The zero-order chi connectivity index (χ0) is 11.4. The minimum atomic E-state index is 0.407. The summed E-state index contributed by atoms with van der Waals surface area (Å²) in [5.41, 5.74) is 1.28. The number of pyridine rings is 2. The van der Waals surface area contributed by atoms with Gasteiger partial charge in [0.25, 0.3) is 0 Å². The second-order valence-corrected chi connectivity index (χ2v) is 3.24. The molecule has 0 aliphatic heterocycles. The van der Waals surface area contributed by atoms with Crippen molar-refractivity contribution in [2.75, 3.05) is 0 Å². The first-order valence-electron chi connectivity index (χ1n) is 4.74. The minimum absolute atomic E-state index is 0.407. The van der Waals surface area contributed by atoms with Gasteiger partial charge in [0, 0.05) is 18.0 Å². The van der Waals surface area contributed by atoms with Crippen LogP contribution in [0.1, 0.15) is 11.3 Å². The molecular formula is C12H9N3O. The summed E-state index contributed by atoms with van der Waals surface area (Å²) in [5, 5.41) is 8.81. The van der Waals surface area contributed by atoms with Crippen LogP contribution in [0.5, 0.6) is 11.6 Å². The predicted molar refractivity (Wildman–Crippen MR) is 58.0 cm³/mol. The molecule has 0 N–H and O–H groups in total. The number of nitrogens with zero attached hydrogens (tertiary/aromatic N) is 3. The van der Waals surface area contributed by atoms with E-state index in [0.29, 0.717) is 17.2 Å². The maximum absolute atomic E-state index is 8.81. The predicted octanol–water partition coefficient (Wildman–Crippen LogP) is 2.45. The third-order valence-electron chi connectivity index (χ3n) is 1.92. The van der Waals surface area contributed by atoms with Gasteiger partial charge in [-0.25, -0.2) is 4.98 Å². The molecule has 4 heteroatoms. The van der Waals surface area contributed by atoms with Crippen molar-refractivity contribution < 1.29 is 4.74 Å². The zero-order valence-corrected chi connectivity index (χ0v) is 8.71. The second kappa shape index (κ2) is 4.41. The lowest BCUT2D eigenvalue weighted by Crippen LogP contribution is -1.91. The van der Waals surface area contributed by atoms with Crippen molar-refractivity contribution in [1.29, 1.82) is 5.26 Å². The molecule has 2 aromatic heterocycles. The van der Waals surface area contributed by atoms with Crippen LogP contribution in [0.25, 0.3) is 0 Å². The van der Waals surface area contributed by atoms with E-state index in [0.717, 1.165) is 5.69 Å². The second-order valence-electron chi connectivity index (χ2n) is 3.24. The fourth-order valence-electron chi connectivity index (χ4n) is 1.28. The van der Waals surface area contributed by atoms with Gasteiger partial charge in [-0.05, 0) is 25.1 Å². The van der Waals surface area contributed by atoms with Crippen LogP contribution in [0, 0.1) is 18.3 Å². The lowest BCUT2D eigenvalue weighted by Gasteiger charge is -2.04. The monoisotopic (exact) mass is 211 g/mol. The Morgan fingerprint density at radius 3 is 2.94 bits per heavy atom. The molecule has 0 aromatic carbocycles. The van der Waals surface area contributed by atoms with Crippen LogP contribution in [-0.2, 0) is 0 Å². The minimum Gasteiger partial charge on any atom is -0.437 e. The van der Waals surface area contributed by atoms with E-state index in [1.54, 1.807) is 36.7 Å². The van der Waals surface area contributed by atoms with Crippen molar-refractivity contribution in [2.24, 2.45) is 0 Å². The van der Waals surface area contributed by atoms with E-state index in [2.05, 4.69) is 16.0 Å². The normalized spacial score (nSPS) is 9.50. The van der Waals surface area contributed by atoms with Crippen molar-refractivity contribution in [3.8, 4) is 17.7 Å². The van der Waals surface area contributed by atoms with Crippen LogP contribution < -0.4 is 4.74 Å². The maximum Gasteiger partial charge on any atom is 0.220 e. The highest BCUT2D eigenvalue weighted by atomic mass is 16.5. The van der Waals surface area contributed by atoms with Gasteiger partial charge in [-0.2, -0.15) is 5.26 Å². The third-order valence-corrected chi connectivity index (χ3v) is 1.92. The maximum atomic E-state index is 8.81. The van der Waals surface area contributed by atoms with E-state index in [4.69, 9.17) is 10.00 Å². The van der Waals surface area contributed by atoms with Crippen LogP contribution in [0.2, 0.25) is 0 Å². The van der Waals surface area contributed by atoms with Crippen molar-refractivity contribution in [1.82, 2.24) is 9.97 Å². The van der Waals surface area contributed by atoms with Gasteiger partial charge < -0.3 is 4.74 Å². The highest BCUT2D eigenvalue weighted by molar-refractivity contribution is 5.35. The van der Waals surface area contributed by atoms with Crippen molar-refractivity contribution in [2.45, 2.75) is 6.92 Å². The summed E-state index contributed by atoms with van der Waals surface area (Å²) < 4.78 is 5.48. The van der Waals surface area contributed by atoms with Gasteiger partial charge in [-0.1, -0.05) is 0 Å². The van der Waals surface area contributed by atoms with Gasteiger partial charge in [0.05, 0.1) is 17.8 Å². The first kappa shape index (κ1) is 10.1. The molecule has 4 nitrogen and oxygen atoms in total. The zero-order valence-electron chi connectivity index (χ0n) is 8.71. The molecule has 16 heavy (non-hydrogen) atoms. The fourth-order valence-corrected chi connectivity index (χ4v) is 1.28. The van der Waals surface area contributed by atoms with E-state index in [9.17, 15) is 0 Å². The molecule has 2 aromatic rings. The molecule has 0 aliphatic rings. The molecule has 0 spiro atoms. The van der Waals surface area contributed by atoms with Gasteiger partial charge in [-0.3, -0.25) is 4.98 Å². The van der Waals surface area contributed by atoms with E-state index in [1.165, 1.54) is 0 Å². The molecule has 0 bridgehead atoms. The Labute approximate surface area is 93.2 Å². The Kier molecular flexibility index (Phi) is 2.79. The molecule has 78 valence electrons. The Morgan fingerprint density at radius 1 is 1.38 bits per heavy atom. The summed E-state index contributed by atoms with van der Waals surface area (Å²) in [5.74, 6) is 1.01. The first-order valence-corrected chi connectivity index (χ1v) is 4.74. The van der Waals surface area contributed by atoms with Crippen molar-refractivity contribution in [3.63, 3.8) is 0 Å². The molecule has 0 fully saturated rings.